The lowest BCUT2D eigenvalue weighted by molar-refractivity contribution is 0.114. The molecule has 0 spiro atoms. The van der Waals surface area contributed by atoms with Gasteiger partial charge in [0.1, 0.15) is 0 Å². The molecule has 1 saturated heterocycles. The molecule has 0 aromatic heterocycles. The minimum atomic E-state index is -2.81. The van der Waals surface area contributed by atoms with Crippen LogP contribution in [0.15, 0.2) is 0 Å². The van der Waals surface area contributed by atoms with Gasteiger partial charge in [0.05, 0.1) is 18.1 Å². The van der Waals surface area contributed by atoms with Gasteiger partial charge >= 0.3 is 0 Å². The van der Waals surface area contributed by atoms with Crippen molar-refractivity contribution in [1.82, 2.24) is 4.90 Å². The standard InChI is InChI=1S/C10H21NO3S/c1-9(2)7-10(8-12)11-3-5-15(13,14)6-4-11/h9-10,12H,3-8H2,1-2H3. The Balaban J connectivity index is 2.49. The Morgan fingerprint density at radius 1 is 1.27 bits per heavy atom. The predicted octanol–water partition coefficient (Wildman–Crippen LogP) is 0.124. The van der Waals surface area contributed by atoms with Gasteiger partial charge in [0, 0.05) is 19.1 Å². The Bertz CT molecular complexity index is 273. The zero-order chi connectivity index (χ0) is 11.5. The quantitative estimate of drug-likeness (QED) is 0.752. The number of aliphatic hydroxyl groups is 1. The molecule has 0 radical (unpaired) electrons. The smallest absolute Gasteiger partial charge is 0.152 e. The first-order chi connectivity index (χ1) is 6.94. The lowest BCUT2D eigenvalue weighted by Gasteiger charge is -2.34. The molecule has 1 aliphatic heterocycles. The van der Waals surface area contributed by atoms with Gasteiger partial charge in [-0.2, -0.15) is 0 Å². The zero-order valence-corrected chi connectivity index (χ0v) is 10.3. The van der Waals surface area contributed by atoms with Crippen LogP contribution >= 0.6 is 0 Å². The van der Waals surface area contributed by atoms with Crippen molar-refractivity contribution in [1.29, 1.82) is 0 Å². The van der Waals surface area contributed by atoms with Crippen LogP contribution in [0.3, 0.4) is 0 Å². The van der Waals surface area contributed by atoms with Gasteiger partial charge in [-0.05, 0) is 12.3 Å². The summed E-state index contributed by atoms with van der Waals surface area (Å²) in [6.07, 6.45) is 0.927. The van der Waals surface area contributed by atoms with E-state index in [1.807, 2.05) is 0 Å². The normalized spacial score (nSPS) is 24.3. The summed E-state index contributed by atoms with van der Waals surface area (Å²) in [4.78, 5) is 2.10. The van der Waals surface area contributed by atoms with Crippen molar-refractivity contribution in [2.45, 2.75) is 26.3 Å². The second-order valence-corrected chi connectivity index (χ2v) is 6.96. The third-order valence-corrected chi connectivity index (χ3v) is 4.46. The minimum Gasteiger partial charge on any atom is -0.395 e. The highest BCUT2D eigenvalue weighted by Crippen LogP contribution is 2.14. The molecule has 1 rings (SSSR count). The Hall–Kier alpha value is -0.130. The van der Waals surface area contributed by atoms with E-state index in [9.17, 15) is 13.5 Å². The molecule has 90 valence electrons. The molecule has 0 amide bonds. The molecule has 0 aliphatic carbocycles. The predicted molar refractivity (Wildman–Crippen MR) is 60.6 cm³/mol. The van der Waals surface area contributed by atoms with Gasteiger partial charge in [0.25, 0.3) is 0 Å². The molecule has 1 heterocycles. The molecule has 1 aliphatic rings. The first kappa shape index (κ1) is 12.9. The fourth-order valence-corrected chi connectivity index (χ4v) is 3.20. The Morgan fingerprint density at radius 2 is 1.80 bits per heavy atom. The lowest BCUT2D eigenvalue weighted by atomic mass is 10.0. The average molecular weight is 235 g/mol. The maximum atomic E-state index is 11.2. The summed E-state index contributed by atoms with van der Waals surface area (Å²) < 4.78 is 22.5. The van der Waals surface area contributed by atoms with E-state index in [1.165, 1.54) is 0 Å². The number of hydrogen-bond acceptors (Lipinski definition) is 4. The highest BCUT2D eigenvalue weighted by atomic mass is 32.2. The second kappa shape index (κ2) is 5.27. The van der Waals surface area contributed by atoms with Crippen LogP contribution in [0.4, 0.5) is 0 Å². The Morgan fingerprint density at radius 3 is 2.20 bits per heavy atom. The van der Waals surface area contributed by atoms with Crippen LogP contribution in [-0.4, -0.2) is 55.7 Å². The summed E-state index contributed by atoms with van der Waals surface area (Å²) in [5.41, 5.74) is 0. The SMILES string of the molecule is CC(C)CC(CO)N1CCS(=O)(=O)CC1. The van der Waals surface area contributed by atoms with Crippen molar-refractivity contribution < 1.29 is 13.5 Å². The summed E-state index contributed by atoms with van der Waals surface area (Å²) in [6.45, 7) is 5.49. The van der Waals surface area contributed by atoms with Crippen molar-refractivity contribution in [3.8, 4) is 0 Å². The third-order valence-electron chi connectivity index (χ3n) is 2.85. The highest BCUT2D eigenvalue weighted by Gasteiger charge is 2.26. The monoisotopic (exact) mass is 235 g/mol. The number of aliphatic hydroxyl groups excluding tert-OH is 1. The molecular weight excluding hydrogens is 214 g/mol. The van der Waals surface area contributed by atoms with Crippen LogP contribution < -0.4 is 0 Å². The number of nitrogens with zero attached hydrogens (tertiary/aromatic N) is 1. The van der Waals surface area contributed by atoms with E-state index in [2.05, 4.69) is 18.7 Å². The molecule has 1 atom stereocenters. The van der Waals surface area contributed by atoms with E-state index in [4.69, 9.17) is 0 Å². The van der Waals surface area contributed by atoms with Crippen LogP contribution in [0.1, 0.15) is 20.3 Å². The number of hydrogen-bond donors (Lipinski definition) is 1. The fourth-order valence-electron chi connectivity index (χ4n) is 1.97. The fraction of sp³-hybridized carbons (Fsp3) is 1.00. The van der Waals surface area contributed by atoms with Crippen LogP contribution in [0, 0.1) is 5.92 Å². The summed E-state index contributed by atoms with van der Waals surface area (Å²) in [5.74, 6) is 1.00. The molecule has 0 aromatic rings. The molecule has 15 heavy (non-hydrogen) atoms. The van der Waals surface area contributed by atoms with E-state index in [0.29, 0.717) is 19.0 Å². The van der Waals surface area contributed by atoms with Crippen molar-refractivity contribution in [3.63, 3.8) is 0 Å². The van der Waals surface area contributed by atoms with E-state index in [-0.39, 0.29) is 24.2 Å². The van der Waals surface area contributed by atoms with Crippen LogP contribution in [-0.2, 0) is 9.84 Å². The van der Waals surface area contributed by atoms with E-state index in [0.717, 1.165) is 6.42 Å². The van der Waals surface area contributed by atoms with Crippen LogP contribution in [0.25, 0.3) is 0 Å². The topological polar surface area (TPSA) is 57.6 Å². The van der Waals surface area contributed by atoms with Gasteiger partial charge in [0.15, 0.2) is 9.84 Å². The highest BCUT2D eigenvalue weighted by molar-refractivity contribution is 7.91. The van der Waals surface area contributed by atoms with E-state index in [1.54, 1.807) is 0 Å². The maximum absolute atomic E-state index is 11.2. The molecule has 0 bridgehead atoms. The van der Waals surface area contributed by atoms with Gasteiger partial charge in [-0.3, -0.25) is 4.90 Å². The molecular formula is C10H21NO3S. The lowest BCUT2D eigenvalue weighted by Crippen LogP contribution is -2.47. The summed E-state index contributed by atoms with van der Waals surface area (Å²) in [7, 11) is -2.81. The van der Waals surface area contributed by atoms with Crippen LogP contribution in [0.2, 0.25) is 0 Å². The summed E-state index contributed by atoms with van der Waals surface area (Å²) >= 11 is 0. The third kappa shape index (κ3) is 4.09. The van der Waals surface area contributed by atoms with Crippen molar-refractivity contribution in [2.24, 2.45) is 5.92 Å². The van der Waals surface area contributed by atoms with Gasteiger partial charge in [-0.1, -0.05) is 13.8 Å². The summed E-state index contributed by atoms with van der Waals surface area (Å²) in [5, 5.41) is 9.27. The molecule has 1 N–H and O–H groups in total. The molecule has 4 nitrogen and oxygen atoms in total. The van der Waals surface area contributed by atoms with Gasteiger partial charge < -0.3 is 5.11 Å². The van der Waals surface area contributed by atoms with Crippen molar-refractivity contribution in [3.05, 3.63) is 0 Å². The molecule has 5 heteroatoms. The number of sulfone groups is 1. The average Bonchev–Trinajstić information content (AvgIpc) is 2.14. The Labute approximate surface area is 92.2 Å². The largest absolute Gasteiger partial charge is 0.395 e. The summed E-state index contributed by atoms with van der Waals surface area (Å²) in [6, 6.07) is 0.125. The van der Waals surface area contributed by atoms with Gasteiger partial charge in [-0.25, -0.2) is 8.42 Å². The van der Waals surface area contributed by atoms with Crippen molar-refractivity contribution >= 4 is 9.84 Å². The van der Waals surface area contributed by atoms with E-state index < -0.39 is 9.84 Å². The van der Waals surface area contributed by atoms with Crippen molar-refractivity contribution in [2.75, 3.05) is 31.2 Å². The first-order valence-corrected chi connectivity index (χ1v) is 7.32. The Kier molecular flexibility index (Phi) is 4.55. The van der Waals surface area contributed by atoms with Gasteiger partial charge in [0.2, 0.25) is 0 Å². The zero-order valence-electron chi connectivity index (χ0n) is 9.52. The molecule has 1 unspecified atom stereocenters. The molecule has 1 fully saturated rings. The molecule has 0 saturated carbocycles. The van der Waals surface area contributed by atoms with Gasteiger partial charge in [-0.15, -0.1) is 0 Å². The minimum absolute atomic E-state index is 0.123. The number of rotatable bonds is 4. The first-order valence-electron chi connectivity index (χ1n) is 5.50. The molecule has 0 aromatic carbocycles. The van der Waals surface area contributed by atoms with Crippen LogP contribution in [0.5, 0.6) is 0 Å². The van der Waals surface area contributed by atoms with E-state index >= 15 is 0 Å². The second-order valence-electron chi connectivity index (χ2n) is 4.65. The maximum Gasteiger partial charge on any atom is 0.152 e.